The Labute approximate surface area is 140 Å². The molecule has 24 heavy (non-hydrogen) atoms. The summed E-state index contributed by atoms with van der Waals surface area (Å²) >= 11 is 0. The zero-order valence-electron chi connectivity index (χ0n) is 13.3. The molecule has 0 spiro atoms. The Morgan fingerprint density at radius 1 is 1.12 bits per heavy atom. The fourth-order valence-electron chi connectivity index (χ4n) is 2.28. The maximum Gasteiger partial charge on any atom is 0.273 e. The minimum absolute atomic E-state index is 0.231. The number of nitrogens with one attached hydrogen (secondary N) is 1. The Morgan fingerprint density at radius 3 is 2.58 bits per heavy atom. The first kappa shape index (κ1) is 15.7. The molecule has 6 heteroatoms. The molecule has 1 heterocycles. The van der Waals surface area contributed by atoms with Crippen molar-refractivity contribution in [1.29, 1.82) is 0 Å². The zero-order valence-corrected chi connectivity index (χ0v) is 13.3. The molecule has 0 bridgehead atoms. The van der Waals surface area contributed by atoms with Crippen LogP contribution in [0.5, 0.6) is 5.75 Å². The average Bonchev–Trinajstić information content (AvgIpc) is 3.13. The van der Waals surface area contributed by atoms with E-state index in [1.807, 2.05) is 54.6 Å². The third-order valence-electron chi connectivity index (χ3n) is 3.61. The Morgan fingerprint density at radius 2 is 1.88 bits per heavy atom. The second kappa shape index (κ2) is 7.41. The number of ether oxygens (including phenoxy) is 1. The highest BCUT2D eigenvalue weighted by molar-refractivity contribution is 5.91. The van der Waals surface area contributed by atoms with E-state index >= 15 is 0 Å². The molecular weight excluding hydrogens is 304 g/mol. The second-order valence-electron chi connectivity index (χ2n) is 5.24. The van der Waals surface area contributed by atoms with Crippen LogP contribution in [0.3, 0.4) is 0 Å². The second-order valence-corrected chi connectivity index (χ2v) is 5.24. The number of carbonyl (C=O) groups excluding carboxylic acids is 1. The smallest absolute Gasteiger partial charge is 0.273 e. The lowest BCUT2D eigenvalue weighted by atomic mass is 10.1. The van der Waals surface area contributed by atoms with E-state index in [1.54, 1.807) is 18.0 Å². The number of rotatable bonds is 6. The minimum Gasteiger partial charge on any atom is -0.497 e. The van der Waals surface area contributed by atoms with Crippen LogP contribution in [0.4, 0.5) is 0 Å². The van der Waals surface area contributed by atoms with Crippen LogP contribution < -0.4 is 10.1 Å². The van der Waals surface area contributed by atoms with Crippen molar-refractivity contribution in [2.75, 3.05) is 13.7 Å². The molecule has 122 valence electrons. The molecule has 0 saturated heterocycles. The van der Waals surface area contributed by atoms with E-state index < -0.39 is 0 Å². The van der Waals surface area contributed by atoms with Crippen LogP contribution in [-0.2, 0) is 6.42 Å². The summed E-state index contributed by atoms with van der Waals surface area (Å²) in [5, 5.41) is 10.8. The van der Waals surface area contributed by atoms with E-state index in [1.165, 1.54) is 5.56 Å². The molecule has 0 saturated carbocycles. The quantitative estimate of drug-likeness (QED) is 0.756. The van der Waals surface area contributed by atoms with Gasteiger partial charge >= 0.3 is 0 Å². The summed E-state index contributed by atoms with van der Waals surface area (Å²) in [6, 6.07) is 17.4. The van der Waals surface area contributed by atoms with Gasteiger partial charge in [0.05, 0.1) is 19.0 Å². The van der Waals surface area contributed by atoms with E-state index in [4.69, 9.17) is 4.74 Å². The highest BCUT2D eigenvalue weighted by Gasteiger charge is 2.11. The number of hydrogen-bond acceptors (Lipinski definition) is 4. The van der Waals surface area contributed by atoms with Crippen molar-refractivity contribution in [1.82, 2.24) is 20.3 Å². The highest BCUT2D eigenvalue weighted by Crippen LogP contribution is 2.14. The first-order chi connectivity index (χ1) is 11.8. The van der Waals surface area contributed by atoms with E-state index in [2.05, 4.69) is 15.6 Å². The van der Waals surface area contributed by atoms with Gasteiger partial charge in [0.25, 0.3) is 5.91 Å². The first-order valence-electron chi connectivity index (χ1n) is 7.65. The lowest BCUT2D eigenvalue weighted by molar-refractivity contribution is 0.0949. The van der Waals surface area contributed by atoms with Gasteiger partial charge in [0.1, 0.15) is 5.75 Å². The lowest BCUT2D eigenvalue weighted by Crippen LogP contribution is -2.26. The van der Waals surface area contributed by atoms with E-state index in [-0.39, 0.29) is 5.91 Å². The van der Waals surface area contributed by atoms with Crippen LogP contribution in [-0.4, -0.2) is 34.6 Å². The van der Waals surface area contributed by atoms with Gasteiger partial charge in [-0.3, -0.25) is 4.79 Å². The molecule has 1 amide bonds. The molecule has 2 aromatic carbocycles. The number of aromatic nitrogens is 3. The van der Waals surface area contributed by atoms with Crippen molar-refractivity contribution in [3.8, 4) is 11.4 Å². The van der Waals surface area contributed by atoms with Gasteiger partial charge < -0.3 is 10.1 Å². The Balaban J connectivity index is 1.59. The molecule has 0 atom stereocenters. The standard InChI is InChI=1S/C18H18N4O2/c1-24-16-9-7-15(8-10-16)22-13-17(20-21-22)18(23)19-12-11-14-5-3-2-4-6-14/h2-10,13H,11-12H2,1H3,(H,19,23). The third-order valence-corrected chi connectivity index (χ3v) is 3.61. The van der Waals surface area contributed by atoms with Gasteiger partial charge in [-0.1, -0.05) is 35.5 Å². The number of carbonyl (C=O) groups is 1. The molecular formula is C18H18N4O2. The Hall–Kier alpha value is -3.15. The van der Waals surface area contributed by atoms with Gasteiger partial charge in [0.2, 0.25) is 0 Å². The minimum atomic E-state index is -0.231. The molecule has 0 aliphatic heterocycles. The number of methoxy groups -OCH3 is 1. The average molecular weight is 322 g/mol. The number of hydrogen-bond donors (Lipinski definition) is 1. The summed E-state index contributed by atoms with van der Waals surface area (Å²) in [4.78, 5) is 12.1. The predicted molar refractivity (Wildman–Crippen MR) is 90.4 cm³/mol. The summed E-state index contributed by atoms with van der Waals surface area (Å²) in [7, 11) is 1.61. The molecule has 0 radical (unpaired) electrons. The lowest BCUT2D eigenvalue weighted by Gasteiger charge is -2.03. The van der Waals surface area contributed by atoms with E-state index in [0.29, 0.717) is 12.2 Å². The van der Waals surface area contributed by atoms with Gasteiger partial charge in [-0.25, -0.2) is 4.68 Å². The summed E-state index contributed by atoms with van der Waals surface area (Å²) in [6.45, 7) is 0.554. The normalized spacial score (nSPS) is 10.4. The Bertz CT molecular complexity index is 797. The molecule has 3 aromatic rings. The molecule has 6 nitrogen and oxygen atoms in total. The van der Waals surface area contributed by atoms with Crippen LogP contribution in [0, 0.1) is 0 Å². The van der Waals surface area contributed by atoms with Crippen molar-refractivity contribution in [3.05, 3.63) is 72.1 Å². The molecule has 0 fully saturated rings. The summed E-state index contributed by atoms with van der Waals surface area (Å²) in [5.41, 5.74) is 2.28. The van der Waals surface area contributed by atoms with Crippen LogP contribution in [0.2, 0.25) is 0 Å². The number of amides is 1. The van der Waals surface area contributed by atoms with Crippen molar-refractivity contribution in [2.24, 2.45) is 0 Å². The largest absolute Gasteiger partial charge is 0.497 e. The molecule has 1 aromatic heterocycles. The van der Waals surface area contributed by atoms with Crippen LogP contribution >= 0.6 is 0 Å². The van der Waals surface area contributed by atoms with Gasteiger partial charge in [0.15, 0.2) is 5.69 Å². The summed E-state index contributed by atoms with van der Waals surface area (Å²) < 4.78 is 6.68. The van der Waals surface area contributed by atoms with E-state index in [0.717, 1.165) is 17.9 Å². The first-order valence-corrected chi connectivity index (χ1v) is 7.65. The van der Waals surface area contributed by atoms with Crippen LogP contribution in [0.15, 0.2) is 60.8 Å². The summed E-state index contributed by atoms with van der Waals surface area (Å²) in [6.07, 6.45) is 2.39. The molecule has 0 unspecified atom stereocenters. The SMILES string of the molecule is COc1ccc(-n2cc(C(=O)NCCc3ccccc3)nn2)cc1. The maximum absolute atomic E-state index is 12.1. The van der Waals surface area contributed by atoms with Crippen molar-refractivity contribution in [3.63, 3.8) is 0 Å². The van der Waals surface area contributed by atoms with E-state index in [9.17, 15) is 4.79 Å². The number of benzene rings is 2. The fourth-order valence-corrected chi connectivity index (χ4v) is 2.28. The molecule has 1 N–H and O–H groups in total. The molecule has 3 rings (SSSR count). The topological polar surface area (TPSA) is 69.0 Å². The maximum atomic E-state index is 12.1. The van der Waals surface area contributed by atoms with Crippen LogP contribution in [0.1, 0.15) is 16.1 Å². The molecule has 0 aliphatic rings. The van der Waals surface area contributed by atoms with Crippen LogP contribution in [0.25, 0.3) is 5.69 Å². The highest BCUT2D eigenvalue weighted by atomic mass is 16.5. The van der Waals surface area contributed by atoms with Gasteiger partial charge in [-0.2, -0.15) is 0 Å². The zero-order chi connectivity index (χ0) is 16.8. The van der Waals surface area contributed by atoms with Gasteiger partial charge in [0, 0.05) is 6.54 Å². The fraction of sp³-hybridized carbons (Fsp3) is 0.167. The predicted octanol–water partition coefficient (Wildman–Crippen LogP) is 2.25. The van der Waals surface area contributed by atoms with Crippen molar-refractivity contribution < 1.29 is 9.53 Å². The van der Waals surface area contributed by atoms with Crippen molar-refractivity contribution in [2.45, 2.75) is 6.42 Å². The van der Waals surface area contributed by atoms with Crippen molar-refractivity contribution >= 4 is 5.91 Å². The van der Waals surface area contributed by atoms with Gasteiger partial charge in [-0.05, 0) is 36.2 Å². The number of nitrogens with zero attached hydrogens (tertiary/aromatic N) is 3. The molecule has 0 aliphatic carbocycles. The third kappa shape index (κ3) is 3.78. The Kier molecular flexibility index (Phi) is 4.86. The summed E-state index contributed by atoms with van der Waals surface area (Å²) in [5.74, 6) is 0.531. The van der Waals surface area contributed by atoms with Gasteiger partial charge in [-0.15, -0.1) is 5.10 Å². The monoisotopic (exact) mass is 322 g/mol.